The second-order valence-electron chi connectivity index (χ2n) is 6.14. The van der Waals surface area contributed by atoms with Crippen molar-refractivity contribution in [2.45, 2.75) is 6.54 Å². The molecule has 4 nitrogen and oxygen atoms in total. The molecule has 0 radical (unpaired) electrons. The Hall–Kier alpha value is -2.70. The van der Waals surface area contributed by atoms with E-state index in [2.05, 4.69) is 26.3 Å². The van der Waals surface area contributed by atoms with Gasteiger partial charge >= 0.3 is 0 Å². The molecule has 1 aromatic heterocycles. The van der Waals surface area contributed by atoms with Crippen molar-refractivity contribution in [2.24, 2.45) is 0 Å². The van der Waals surface area contributed by atoms with Crippen LogP contribution in [0.4, 0.5) is 4.39 Å². The van der Waals surface area contributed by atoms with Gasteiger partial charge in [-0.25, -0.2) is 14.1 Å². The van der Waals surface area contributed by atoms with Crippen LogP contribution in [0.15, 0.2) is 76.0 Å². The van der Waals surface area contributed by atoms with Gasteiger partial charge in [0.2, 0.25) is 0 Å². The lowest BCUT2D eigenvalue weighted by molar-refractivity contribution is 0.608. The van der Waals surface area contributed by atoms with Crippen molar-refractivity contribution < 1.29 is 4.39 Å². The molecule has 140 valence electrons. The number of aromatic nitrogens is 2. The van der Waals surface area contributed by atoms with Crippen LogP contribution in [0.1, 0.15) is 5.56 Å². The van der Waals surface area contributed by atoms with Crippen LogP contribution in [0.3, 0.4) is 0 Å². The summed E-state index contributed by atoms with van der Waals surface area (Å²) in [5.74, 6) is -0.00403. The number of hydrogen-bond donors (Lipinski definition) is 1. The molecule has 1 heterocycles. The van der Waals surface area contributed by atoms with Gasteiger partial charge in [-0.3, -0.25) is 4.79 Å². The molecular formula is C21H14BrClFN3O. The van der Waals surface area contributed by atoms with Gasteiger partial charge in [0.05, 0.1) is 17.4 Å². The Morgan fingerprint density at radius 1 is 1.04 bits per heavy atom. The minimum Gasteiger partial charge on any atom is -0.317 e. The van der Waals surface area contributed by atoms with Crippen LogP contribution >= 0.6 is 27.5 Å². The summed E-state index contributed by atoms with van der Waals surface area (Å²) in [6, 6.07) is 19.0. The fourth-order valence-electron chi connectivity index (χ4n) is 2.93. The van der Waals surface area contributed by atoms with Crippen molar-refractivity contribution in [1.29, 1.82) is 0 Å². The predicted octanol–water partition coefficient (Wildman–Crippen LogP) is 5.36. The van der Waals surface area contributed by atoms with Gasteiger partial charge in [-0.15, -0.1) is 0 Å². The molecule has 0 aliphatic rings. The number of benzene rings is 3. The van der Waals surface area contributed by atoms with Gasteiger partial charge in [0.15, 0.2) is 5.82 Å². The van der Waals surface area contributed by atoms with Gasteiger partial charge in [-0.2, -0.15) is 0 Å². The van der Waals surface area contributed by atoms with Crippen LogP contribution in [0.25, 0.3) is 22.3 Å². The number of para-hydroxylation sites is 1. The zero-order valence-electron chi connectivity index (χ0n) is 14.5. The van der Waals surface area contributed by atoms with Crippen molar-refractivity contribution in [2.75, 3.05) is 5.43 Å². The molecule has 0 aliphatic carbocycles. The Morgan fingerprint density at radius 3 is 2.54 bits per heavy atom. The molecule has 7 heteroatoms. The van der Waals surface area contributed by atoms with Crippen molar-refractivity contribution in [3.8, 4) is 11.4 Å². The van der Waals surface area contributed by atoms with Crippen LogP contribution in [0, 0.1) is 5.82 Å². The molecule has 4 rings (SSSR count). The summed E-state index contributed by atoms with van der Waals surface area (Å²) >= 11 is 9.52. The van der Waals surface area contributed by atoms with E-state index in [4.69, 9.17) is 11.6 Å². The van der Waals surface area contributed by atoms with Crippen molar-refractivity contribution in [3.05, 3.63) is 98.0 Å². The minimum atomic E-state index is -0.438. The number of nitrogens with zero attached hydrogens (tertiary/aromatic N) is 2. The molecule has 3 aromatic carbocycles. The van der Waals surface area contributed by atoms with Crippen molar-refractivity contribution in [1.82, 2.24) is 9.66 Å². The first-order chi connectivity index (χ1) is 13.5. The monoisotopic (exact) mass is 457 g/mol. The average molecular weight is 459 g/mol. The molecule has 4 aromatic rings. The smallest absolute Gasteiger partial charge is 0.280 e. The van der Waals surface area contributed by atoms with Crippen LogP contribution in [0.5, 0.6) is 0 Å². The summed E-state index contributed by atoms with van der Waals surface area (Å²) < 4.78 is 16.4. The van der Waals surface area contributed by atoms with E-state index in [-0.39, 0.29) is 17.7 Å². The summed E-state index contributed by atoms with van der Waals surface area (Å²) in [7, 11) is 0. The average Bonchev–Trinajstić information content (AvgIpc) is 2.69. The second-order valence-corrected chi connectivity index (χ2v) is 7.46. The molecular weight excluding hydrogens is 445 g/mol. The van der Waals surface area contributed by atoms with Gasteiger partial charge in [0, 0.05) is 20.6 Å². The first kappa shape index (κ1) is 18.7. The maximum atomic E-state index is 14.1. The number of nitrogens with one attached hydrogen (secondary N) is 1. The highest BCUT2D eigenvalue weighted by Crippen LogP contribution is 2.22. The van der Waals surface area contributed by atoms with E-state index in [0.29, 0.717) is 21.7 Å². The summed E-state index contributed by atoms with van der Waals surface area (Å²) in [5, 5.41) is 0.759. The topological polar surface area (TPSA) is 46.9 Å². The standard InChI is InChI=1S/C21H14BrClFN3O/c22-14-10-8-13(9-11-14)20-26-19-7-2-1-4-15(19)21(28)27(20)25-12-16-17(23)5-3-6-18(16)24/h1-11,25H,12H2. The maximum Gasteiger partial charge on any atom is 0.280 e. The number of halogens is 3. The van der Waals surface area contributed by atoms with Gasteiger partial charge in [0.1, 0.15) is 5.82 Å². The van der Waals surface area contributed by atoms with Crippen molar-refractivity contribution in [3.63, 3.8) is 0 Å². The molecule has 0 spiro atoms. The molecule has 0 bridgehead atoms. The van der Waals surface area contributed by atoms with E-state index in [1.807, 2.05) is 30.3 Å². The molecule has 0 aliphatic heterocycles. The SMILES string of the molecule is O=c1c2ccccc2nc(-c2ccc(Br)cc2)n1NCc1c(F)cccc1Cl. The van der Waals surface area contributed by atoms with Crippen LogP contribution in [0.2, 0.25) is 5.02 Å². The van der Waals surface area contributed by atoms with E-state index in [1.54, 1.807) is 24.3 Å². The number of fused-ring (bicyclic) bond motifs is 1. The quantitative estimate of drug-likeness (QED) is 0.448. The zero-order chi connectivity index (χ0) is 19.7. The fraction of sp³-hybridized carbons (Fsp3) is 0.0476. The molecule has 0 amide bonds. The Labute approximate surface area is 173 Å². The van der Waals surface area contributed by atoms with E-state index in [9.17, 15) is 9.18 Å². The molecule has 0 atom stereocenters. The van der Waals surface area contributed by atoms with E-state index >= 15 is 0 Å². The predicted molar refractivity (Wildman–Crippen MR) is 114 cm³/mol. The molecule has 0 saturated heterocycles. The summed E-state index contributed by atoms with van der Waals surface area (Å²) in [5.41, 5.74) is 4.34. The van der Waals surface area contributed by atoms with E-state index < -0.39 is 5.82 Å². The summed E-state index contributed by atoms with van der Waals surface area (Å²) in [6.07, 6.45) is 0. The Balaban J connectivity index is 1.85. The highest BCUT2D eigenvalue weighted by molar-refractivity contribution is 9.10. The van der Waals surface area contributed by atoms with Gasteiger partial charge in [-0.05, 0) is 36.4 Å². The van der Waals surface area contributed by atoms with E-state index in [1.165, 1.54) is 16.8 Å². The van der Waals surface area contributed by atoms with Crippen molar-refractivity contribution >= 4 is 38.4 Å². The Morgan fingerprint density at radius 2 is 1.79 bits per heavy atom. The number of hydrogen-bond acceptors (Lipinski definition) is 3. The maximum absolute atomic E-state index is 14.1. The Bertz CT molecular complexity index is 1200. The highest BCUT2D eigenvalue weighted by Gasteiger charge is 2.14. The van der Waals surface area contributed by atoms with Gasteiger partial charge in [-0.1, -0.05) is 57.9 Å². The normalized spacial score (nSPS) is 11.0. The highest BCUT2D eigenvalue weighted by atomic mass is 79.9. The largest absolute Gasteiger partial charge is 0.317 e. The molecule has 0 unspecified atom stereocenters. The first-order valence-corrected chi connectivity index (χ1v) is 9.66. The summed E-state index contributed by atoms with van der Waals surface area (Å²) in [4.78, 5) is 17.8. The van der Waals surface area contributed by atoms with E-state index in [0.717, 1.165) is 10.0 Å². The van der Waals surface area contributed by atoms with Gasteiger partial charge < -0.3 is 5.43 Å². The molecule has 0 saturated carbocycles. The third-order valence-corrected chi connectivity index (χ3v) is 5.24. The molecule has 28 heavy (non-hydrogen) atoms. The lowest BCUT2D eigenvalue weighted by Crippen LogP contribution is -2.31. The Kier molecular flexibility index (Phi) is 5.15. The summed E-state index contributed by atoms with van der Waals surface area (Å²) in [6.45, 7) is 0.0367. The lowest BCUT2D eigenvalue weighted by Gasteiger charge is -2.16. The number of rotatable bonds is 4. The van der Waals surface area contributed by atoms with Crippen LogP contribution in [-0.4, -0.2) is 9.66 Å². The first-order valence-electron chi connectivity index (χ1n) is 8.49. The fourth-order valence-corrected chi connectivity index (χ4v) is 3.43. The molecule has 1 N–H and O–H groups in total. The second kappa shape index (κ2) is 7.73. The van der Waals surface area contributed by atoms with Crippen LogP contribution < -0.4 is 11.0 Å². The van der Waals surface area contributed by atoms with Crippen LogP contribution in [-0.2, 0) is 6.54 Å². The third-order valence-electron chi connectivity index (χ3n) is 4.35. The zero-order valence-corrected chi connectivity index (χ0v) is 16.8. The molecule has 0 fully saturated rings. The third kappa shape index (κ3) is 3.53. The lowest BCUT2D eigenvalue weighted by atomic mass is 10.2. The van der Waals surface area contributed by atoms with Gasteiger partial charge in [0.25, 0.3) is 5.56 Å². The minimum absolute atomic E-state index is 0.0367.